The molecule has 17 heteroatoms. The standard InChI is InChI=1S/C42H45N15O2/c1-26(20-43)48-34-19-38(57-40-32(23-47-57)17-28(21-44)22-46-40)45-24-37(34)56-25-35(50-52-56)30-5-3-27(4-6-30)9-13-54-14-10-29(11-15-54)31-7-8-33-36(18-31)53(2)51-41(33)55-16-12-39(58)49-42(55)59/h7-8,17-19,22-27,29-30H,3-6,9-16H2,1-2H3,(H,45,48)(H,49,58,59)/t26-,27?,30?/m1/s1. The zero-order valence-corrected chi connectivity index (χ0v) is 33.1. The largest absolute Gasteiger partial charge is 0.368 e. The fourth-order valence-corrected chi connectivity index (χ4v) is 8.92. The number of fused-ring (bicyclic) bond motifs is 2. The van der Waals surface area contributed by atoms with Gasteiger partial charge >= 0.3 is 6.03 Å². The summed E-state index contributed by atoms with van der Waals surface area (Å²) in [4.78, 5) is 37.5. The van der Waals surface area contributed by atoms with Crippen LogP contribution in [0.3, 0.4) is 0 Å². The number of imide groups is 1. The number of nitrogens with zero attached hydrogens (tertiary/aromatic N) is 13. The van der Waals surface area contributed by atoms with Gasteiger partial charge in [0.15, 0.2) is 17.3 Å². The Kier molecular flexibility index (Phi) is 10.2. The Balaban J connectivity index is 0.784. The molecule has 1 aliphatic carbocycles. The number of nitriles is 2. The van der Waals surface area contributed by atoms with E-state index >= 15 is 0 Å². The number of amides is 3. The van der Waals surface area contributed by atoms with E-state index in [-0.39, 0.29) is 12.3 Å². The topological polar surface area (TPSA) is 204 Å². The van der Waals surface area contributed by atoms with E-state index < -0.39 is 12.1 Å². The molecule has 0 spiro atoms. The molecule has 9 rings (SSSR count). The summed E-state index contributed by atoms with van der Waals surface area (Å²) < 4.78 is 5.19. The van der Waals surface area contributed by atoms with Crippen molar-refractivity contribution >= 4 is 45.4 Å². The maximum Gasteiger partial charge on any atom is 0.329 e. The minimum absolute atomic E-state index is 0.251. The summed E-state index contributed by atoms with van der Waals surface area (Å²) in [6.45, 7) is 5.40. The average molecular weight is 792 g/mol. The van der Waals surface area contributed by atoms with Crippen LogP contribution in [0.4, 0.5) is 16.3 Å². The number of benzene rings is 1. The molecule has 59 heavy (non-hydrogen) atoms. The van der Waals surface area contributed by atoms with Crippen molar-refractivity contribution in [2.75, 3.05) is 36.4 Å². The van der Waals surface area contributed by atoms with Crippen molar-refractivity contribution in [3.63, 3.8) is 0 Å². The maximum atomic E-state index is 12.5. The van der Waals surface area contributed by atoms with Crippen molar-refractivity contribution in [1.29, 1.82) is 10.5 Å². The van der Waals surface area contributed by atoms with E-state index in [9.17, 15) is 20.1 Å². The van der Waals surface area contributed by atoms with E-state index in [0.717, 1.165) is 67.3 Å². The molecule has 7 heterocycles. The molecule has 3 fully saturated rings. The molecule has 300 valence electrons. The minimum Gasteiger partial charge on any atom is -0.368 e. The molecule has 0 unspecified atom stereocenters. The summed E-state index contributed by atoms with van der Waals surface area (Å²) in [5.41, 5.74) is 5.66. The number of carbonyl (C=O) groups excluding carboxylic acids is 2. The zero-order chi connectivity index (χ0) is 40.6. The van der Waals surface area contributed by atoms with Gasteiger partial charge in [0.1, 0.15) is 17.8 Å². The van der Waals surface area contributed by atoms with E-state index in [0.29, 0.717) is 58.5 Å². The molecular formula is C42H45N15O2. The van der Waals surface area contributed by atoms with Gasteiger partial charge < -0.3 is 10.2 Å². The quantitative estimate of drug-likeness (QED) is 0.177. The van der Waals surface area contributed by atoms with Crippen molar-refractivity contribution in [2.45, 2.75) is 76.2 Å². The van der Waals surface area contributed by atoms with Gasteiger partial charge in [0, 0.05) is 49.0 Å². The van der Waals surface area contributed by atoms with Crippen LogP contribution in [0.15, 0.2) is 55.1 Å². The van der Waals surface area contributed by atoms with Crippen molar-refractivity contribution in [1.82, 2.24) is 54.7 Å². The Morgan fingerprint density at radius 2 is 1.80 bits per heavy atom. The van der Waals surface area contributed by atoms with Gasteiger partial charge in [-0.2, -0.15) is 25.4 Å². The predicted molar refractivity (Wildman–Crippen MR) is 219 cm³/mol. The number of hydrogen-bond donors (Lipinski definition) is 2. The van der Waals surface area contributed by atoms with Gasteiger partial charge in [-0.05, 0) is 107 Å². The van der Waals surface area contributed by atoms with Gasteiger partial charge in [-0.1, -0.05) is 11.3 Å². The first-order chi connectivity index (χ1) is 28.7. The SMILES string of the molecule is C[C@H](C#N)Nc1cc(-n2ncc3cc(C#N)cnc32)ncc1-n1cc(C2CCC(CCN3CCC(c4ccc5c(N6CCC(=O)NC6=O)nn(C)c5c4)CC3)CC2)nn1. The van der Waals surface area contributed by atoms with Crippen molar-refractivity contribution < 1.29 is 9.59 Å². The average Bonchev–Trinajstić information content (AvgIpc) is 4.01. The van der Waals surface area contributed by atoms with Crippen LogP contribution in [-0.4, -0.2) is 93.6 Å². The summed E-state index contributed by atoms with van der Waals surface area (Å²) >= 11 is 0. The van der Waals surface area contributed by atoms with Crippen LogP contribution in [-0.2, 0) is 11.8 Å². The number of anilines is 2. The second kappa shape index (κ2) is 15.9. The highest BCUT2D eigenvalue weighted by atomic mass is 16.2. The number of likely N-dealkylation sites (tertiary alicyclic amines) is 1. The molecule has 0 radical (unpaired) electrons. The van der Waals surface area contributed by atoms with Gasteiger partial charge in [0.05, 0.1) is 47.1 Å². The monoisotopic (exact) mass is 791 g/mol. The number of nitrogens with one attached hydrogen (secondary N) is 2. The highest BCUT2D eigenvalue weighted by Crippen LogP contribution is 2.38. The molecule has 0 bridgehead atoms. The predicted octanol–water partition coefficient (Wildman–Crippen LogP) is 5.47. The highest BCUT2D eigenvalue weighted by molar-refractivity contribution is 6.08. The van der Waals surface area contributed by atoms with Gasteiger partial charge in [-0.15, -0.1) is 5.10 Å². The molecule has 2 N–H and O–H groups in total. The third-order valence-corrected chi connectivity index (χ3v) is 12.3. The Morgan fingerprint density at radius 1 is 0.966 bits per heavy atom. The summed E-state index contributed by atoms with van der Waals surface area (Å²) in [5, 5.41) is 44.4. The van der Waals surface area contributed by atoms with Gasteiger partial charge in [-0.3, -0.25) is 19.7 Å². The Hall–Kier alpha value is -6.72. The molecule has 2 saturated heterocycles. The van der Waals surface area contributed by atoms with E-state index in [1.165, 1.54) is 31.0 Å². The lowest BCUT2D eigenvalue weighted by Gasteiger charge is -2.34. The first kappa shape index (κ1) is 37.8. The van der Waals surface area contributed by atoms with E-state index in [2.05, 4.69) is 76.3 Å². The molecule has 3 amide bonds. The molecule has 1 atom stereocenters. The van der Waals surface area contributed by atoms with Crippen molar-refractivity contribution in [2.24, 2.45) is 13.0 Å². The van der Waals surface area contributed by atoms with Crippen LogP contribution in [0.25, 0.3) is 33.4 Å². The normalized spacial score (nSPS) is 19.8. The summed E-state index contributed by atoms with van der Waals surface area (Å²) in [7, 11) is 1.91. The Bertz CT molecular complexity index is 2630. The summed E-state index contributed by atoms with van der Waals surface area (Å²) in [6, 6.07) is 13.5. The lowest BCUT2D eigenvalue weighted by Crippen LogP contribution is -2.49. The first-order valence-electron chi connectivity index (χ1n) is 20.4. The van der Waals surface area contributed by atoms with E-state index in [1.54, 1.807) is 39.6 Å². The Labute approximate surface area is 340 Å². The lowest BCUT2D eigenvalue weighted by molar-refractivity contribution is -0.120. The third-order valence-electron chi connectivity index (χ3n) is 12.3. The lowest BCUT2D eigenvalue weighted by atomic mass is 9.79. The Morgan fingerprint density at radius 3 is 2.58 bits per heavy atom. The third kappa shape index (κ3) is 7.57. The zero-order valence-electron chi connectivity index (χ0n) is 33.1. The van der Waals surface area contributed by atoms with Crippen LogP contribution in [0, 0.1) is 28.6 Å². The molecule has 2 aliphatic heterocycles. The number of carbonyl (C=O) groups is 2. The fourth-order valence-electron chi connectivity index (χ4n) is 8.92. The van der Waals surface area contributed by atoms with E-state index in [1.807, 2.05) is 24.0 Å². The van der Waals surface area contributed by atoms with Crippen LogP contribution in [0.2, 0.25) is 0 Å². The minimum atomic E-state index is -0.469. The molecule has 6 aromatic rings. The summed E-state index contributed by atoms with van der Waals surface area (Å²) in [6.07, 6.45) is 15.0. The van der Waals surface area contributed by atoms with Gasteiger partial charge in [0.25, 0.3) is 0 Å². The summed E-state index contributed by atoms with van der Waals surface area (Å²) in [5.74, 6) is 2.38. The number of piperidine rings is 1. The number of aromatic nitrogens is 9. The second-order valence-corrected chi connectivity index (χ2v) is 16.0. The molecule has 5 aromatic heterocycles. The molecular weight excluding hydrogens is 747 g/mol. The fraction of sp³-hybridized carbons (Fsp3) is 0.429. The number of aryl methyl sites for hydroxylation is 1. The molecule has 1 saturated carbocycles. The highest BCUT2D eigenvalue weighted by Gasteiger charge is 2.30. The van der Waals surface area contributed by atoms with Crippen LogP contribution >= 0.6 is 0 Å². The second-order valence-electron chi connectivity index (χ2n) is 16.0. The first-order valence-corrected chi connectivity index (χ1v) is 20.4. The van der Waals surface area contributed by atoms with Gasteiger partial charge in [-0.25, -0.2) is 19.4 Å². The molecule has 3 aliphatic rings. The number of rotatable bonds is 10. The van der Waals surface area contributed by atoms with Crippen LogP contribution < -0.4 is 15.5 Å². The number of pyridine rings is 2. The molecule has 17 nitrogen and oxygen atoms in total. The maximum absolute atomic E-state index is 12.5. The smallest absolute Gasteiger partial charge is 0.329 e. The van der Waals surface area contributed by atoms with Crippen molar-refractivity contribution in [3.8, 4) is 23.6 Å². The van der Waals surface area contributed by atoms with Crippen LogP contribution in [0.5, 0.6) is 0 Å². The van der Waals surface area contributed by atoms with Crippen molar-refractivity contribution in [3.05, 3.63) is 71.9 Å². The molecule has 1 aromatic carbocycles. The number of hydrogen-bond acceptors (Lipinski definition) is 12. The number of urea groups is 1. The van der Waals surface area contributed by atoms with Gasteiger partial charge in [0.2, 0.25) is 5.91 Å². The van der Waals surface area contributed by atoms with Crippen LogP contribution in [0.1, 0.15) is 86.9 Å². The van der Waals surface area contributed by atoms with E-state index in [4.69, 9.17) is 0 Å².